The first kappa shape index (κ1) is 13.1. The van der Waals surface area contributed by atoms with Gasteiger partial charge in [-0.15, -0.1) is 0 Å². The van der Waals surface area contributed by atoms with E-state index in [1.165, 1.54) is 0 Å². The van der Waals surface area contributed by atoms with E-state index < -0.39 is 7.52 Å². The molecule has 3 atom stereocenters. The summed E-state index contributed by atoms with van der Waals surface area (Å²) < 4.78 is 24.5. The summed E-state index contributed by atoms with van der Waals surface area (Å²) in [5.41, 5.74) is 0. The number of ether oxygens (including phenoxy) is 1. The Morgan fingerprint density at radius 1 is 1.53 bits per heavy atom. The van der Waals surface area contributed by atoms with Crippen molar-refractivity contribution in [3.05, 3.63) is 0 Å². The smallest absolute Gasteiger partial charge is 0.268 e. The summed E-state index contributed by atoms with van der Waals surface area (Å²) in [6, 6.07) is 0. The Bertz CT molecular complexity index is 248. The van der Waals surface area contributed by atoms with Crippen LogP contribution in [0.2, 0.25) is 0 Å². The fourth-order valence-electron chi connectivity index (χ4n) is 1.31. The first-order valence-corrected chi connectivity index (χ1v) is 7.20. The normalized spacial score (nSPS) is 31.5. The number of nitrogens with one attached hydrogen (secondary N) is 1. The van der Waals surface area contributed by atoms with Crippen molar-refractivity contribution in [2.24, 2.45) is 0 Å². The summed E-state index contributed by atoms with van der Waals surface area (Å²) in [7, 11) is 0.881. The molecule has 6 heteroatoms. The van der Waals surface area contributed by atoms with Crippen LogP contribution in [0.5, 0.6) is 0 Å². The molecule has 0 spiro atoms. The van der Waals surface area contributed by atoms with Gasteiger partial charge in [-0.3, -0.25) is 4.57 Å². The highest BCUT2D eigenvalue weighted by Crippen LogP contribution is 2.44. The van der Waals surface area contributed by atoms with E-state index >= 15 is 0 Å². The lowest BCUT2D eigenvalue weighted by Gasteiger charge is -2.30. The molecule has 1 saturated heterocycles. The number of hydrogen-bond acceptors (Lipinski definition) is 4. The average Bonchev–Trinajstić information content (AvgIpc) is 2.15. The second-order valence-electron chi connectivity index (χ2n) is 4.17. The lowest BCUT2D eigenvalue weighted by molar-refractivity contribution is -0.0474. The molecule has 90 valence electrons. The van der Waals surface area contributed by atoms with E-state index in [2.05, 4.69) is 5.32 Å². The van der Waals surface area contributed by atoms with Gasteiger partial charge in [0.15, 0.2) is 0 Å². The van der Waals surface area contributed by atoms with Crippen LogP contribution in [0.3, 0.4) is 0 Å². The van der Waals surface area contributed by atoms with E-state index in [1.807, 2.05) is 6.92 Å². The molecule has 5 nitrogen and oxygen atoms in total. The zero-order valence-electron chi connectivity index (χ0n) is 9.90. The summed E-state index contributed by atoms with van der Waals surface area (Å²) in [4.78, 5) is 0. The molecule has 1 heterocycles. The number of hydrogen-bond donors (Lipinski definition) is 1. The first-order chi connectivity index (χ1) is 6.92. The second-order valence-corrected chi connectivity index (χ2v) is 6.84. The van der Waals surface area contributed by atoms with Crippen molar-refractivity contribution in [3.63, 3.8) is 0 Å². The van der Waals surface area contributed by atoms with E-state index in [4.69, 9.17) is 9.26 Å². The Morgan fingerprint density at radius 3 is 2.73 bits per heavy atom. The molecule has 1 aliphatic rings. The molecule has 0 radical (unpaired) electrons. The molecular formula is C9H21N2O3P. The summed E-state index contributed by atoms with van der Waals surface area (Å²) in [6.07, 6.45) is 0.199. The van der Waals surface area contributed by atoms with Crippen LogP contribution in [0.25, 0.3) is 0 Å². The molecular weight excluding hydrogens is 215 g/mol. The molecule has 0 aliphatic carbocycles. The molecule has 1 N–H and O–H groups in total. The van der Waals surface area contributed by atoms with E-state index in [1.54, 1.807) is 25.4 Å². The monoisotopic (exact) mass is 236 g/mol. The minimum Gasteiger partial charge on any atom is -0.370 e. The molecule has 3 unspecified atom stereocenters. The molecule has 0 amide bonds. The largest absolute Gasteiger partial charge is 0.370 e. The second kappa shape index (κ2) is 5.41. The molecule has 15 heavy (non-hydrogen) atoms. The van der Waals surface area contributed by atoms with Gasteiger partial charge in [0.25, 0.3) is 7.52 Å². The highest BCUT2D eigenvalue weighted by atomic mass is 31.2. The van der Waals surface area contributed by atoms with Gasteiger partial charge in [-0.25, -0.2) is 4.67 Å². The fourth-order valence-corrected chi connectivity index (χ4v) is 1.98. The van der Waals surface area contributed by atoms with Crippen molar-refractivity contribution in [1.82, 2.24) is 9.99 Å². The van der Waals surface area contributed by atoms with Gasteiger partial charge in [0.2, 0.25) is 0 Å². The van der Waals surface area contributed by atoms with Gasteiger partial charge in [0.1, 0.15) is 0 Å². The predicted molar refractivity (Wildman–Crippen MR) is 60.4 cm³/mol. The minimum atomic E-state index is -2.63. The Balaban J connectivity index is 2.33. The lowest BCUT2D eigenvalue weighted by Crippen LogP contribution is -2.45. The summed E-state index contributed by atoms with van der Waals surface area (Å²) in [5, 5.41) is 3.24. The van der Waals surface area contributed by atoms with Crippen molar-refractivity contribution < 1.29 is 13.8 Å². The quantitative estimate of drug-likeness (QED) is 0.730. The molecule has 0 aromatic heterocycles. The highest BCUT2D eigenvalue weighted by Gasteiger charge is 2.24. The minimum absolute atomic E-state index is 0.00183. The van der Waals surface area contributed by atoms with Crippen molar-refractivity contribution in [2.75, 3.05) is 40.5 Å². The molecule has 0 aromatic carbocycles. The maximum Gasteiger partial charge on any atom is 0.268 e. The first-order valence-electron chi connectivity index (χ1n) is 5.18. The van der Waals surface area contributed by atoms with Crippen LogP contribution in [0, 0.1) is 0 Å². The Morgan fingerprint density at radius 2 is 2.20 bits per heavy atom. The standard InChI is InChI=1S/C9H21N2O3P/c1-8-5-10-6-9(14-8)7-13-15(4,12)11(2)3/h8-10H,5-7H2,1-4H3. The van der Waals surface area contributed by atoms with Crippen molar-refractivity contribution in [2.45, 2.75) is 19.1 Å². The van der Waals surface area contributed by atoms with Crippen LogP contribution in [0.4, 0.5) is 0 Å². The number of morpholine rings is 1. The Labute approximate surface area is 91.6 Å². The van der Waals surface area contributed by atoms with E-state index in [9.17, 15) is 4.57 Å². The number of nitrogens with zero attached hydrogens (tertiary/aromatic N) is 1. The van der Waals surface area contributed by atoms with Gasteiger partial charge in [-0.2, -0.15) is 0 Å². The summed E-state index contributed by atoms with van der Waals surface area (Å²) in [6.45, 7) is 5.64. The third kappa shape index (κ3) is 4.21. The van der Waals surface area contributed by atoms with Crippen LogP contribution >= 0.6 is 7.52 Å². The molecule has 1 aliphatic heterocycles. The SMILES string of the molecule is CC1CNCC(COP(C)(=O)N(C)C)O1. The Kier molecular flexibility index (Phi) is 4.74. The van der Waals surface area contributed by atoms with Gasteiger partial charge in [0.05, 0.1) is 18.8 Å². The van der Waals surface area contributed by atoms with E-state index in [-0.39, 0.29) is 12.2 Å². The van der Waals surface area contributed by atoms with Crippen molar-refractivity contribution in [1.29, 1.82) is 0 Å². The van der Waals surface area contributed by atoms with E-state index in [0.717, 1.165) is 13.1 Å². The summed E-state index contributed by atoms with van der Waals surface area (Å²) in [5.74, 6) is 0. The van der Waals surface area contributed by atoms with Gasteiger partial charge in [-0.05, 0) is 21.0 Å². The van der Waals surface area contributed by atoms with Gasteiger partial charge in [0, 0.05) is 19.8 Å². The van der Waals surface area contributed by atoms with E-state index in [0.29, 0.717) is 6.61 Å². The van der Waals surface area contributed by atoms with Crippen LogP contribution in [-0.4, -0.2) is 57.3 Å². The predicted octanol–water partition coefficient (Wildman–Crippen LogP) is 0.764. The van der Waals surface area contributed by atoms with Crippen LogP contribution in [-0.2, 0) is 13.8 Å². The van der Waals surface area contributed by atoms with Gasteiger partial charge in [-0.1, -0.05) is 0 Å². The molecule has 0 saturated carbocycles. The maximum absolute atomic E-state index is 11.9. The molecule has 0 aromatic rings. The maximum atomic E-state index is 11.9. The van der Waals surface area contributed by atoms with Crippen molar-refractivity contribution in [3.8, 4) is 0 Å². The topological polar surface area (TPSA) is 50.8 Å². The third-order valence-corrected chi connectivity index (χ3v) is 4.54. The van der Waals surface area contributed by atoms with Gasteiger partial charge < -0.3 is 14.6 Å². The lowest BCUT2D eigenvalue weighted by atomic mass is 10.3. The fraction of sp³-hybridized carbons (Fsp3) is 1.00. The van der Waals surface area contributed by atoms with Gasteiger partial charge >= 0.3 is 0 Å². The average molecular weight is 236 g/mol. The highest BCUT2D eigenvalue weighted by molar-refractivity contribution is 7.55. The van der Waals surface area contributed by atoms with Crippen LogP contribution in [0.15, 0.2) is 0 Å². The molecule has 0 bridgehead atoms. The third-order valence-electron chi connectivity index (χ3n) is 2.46. The zero-order chi connectivity index (χ0) is 11.5. The van der Waals surface area contributed by atoms with Crippen LogP contribution in [0.1, 0.15) is 6.92 Å². The Hall–Kier alpha value is 0.0700. The molecule has 1 fully saturated rings. The zero-order valence-corrected chi connectivity index (χ0v) is 10.8. The van der Waals surface area contributed by atoms with Crippen molar-refractivity contribution >= 4 is 7.52 Å². The summed E-state index contributed by atoms with van der Waals surface area (Å²) >= 11 is 0. The number of rotatable bonds is 4. The van der Waals surface area contributed by atoms with Crippen LogP contribution < -0.4 is 5.32 Å². The molecule has 1 rings (SSSR count).